The van der Waals surface area contributed by atoms with Gasteiger partial charge in [-0.05, 0) is 64.2 Å². The zero-order chi connectivity index (χ0) is 19.6. The molecule has 0 amide bonds. The van der Waals surface area contributed by atoms with Gasteiger partial charge in [-0.2, -0.15) is 0 Å². The van der Waals surface area contributed by atoms with E-state index in [2.05, 4.69) is 70.7 Å². The summed E-state index contributed by atoms with van der Waals surface area (Å²) in [6.07, 6.45) is 20.0. The Kier molecular flexibility index (Phi) is 15.8. The predicted octanol–water partition coefficient (Wildman–Crippen LogP) is 6.59. The number of hydrogen-bond donors (Lipinski definition) is 0. The van der Waals surface area contributed by atoms with Gasteiger partial charge in [0.2, 0.25) is 0 Å². The molecule has 4 heteroatoms. The first-order valence-corrected chi connectivity index (χ1v) is 19.7. The minimum atomic E-state index is -1.19. The molecule has 0 aliphatic heterocycles. The molecule has 140 valence electrons. The molecular formula is C22H38Si3Ti+2. The van der Waals surface area contributed by atoms with Gasteiger partial charge in [0.25, 0.3) is 0 Å². The Morgan fingerprint density at radius 1 is 0.577 bits per heavy atom. The summed E-state index contributed by atoms with van der Waals surface area (Å²) in [7, 11) is -3.48. The molecule has 10 radical (unpaired) electrons. The molecule has 2 saturated carbocycles. The molecule has 0 saturated heterocycles. The van der Waals surface area contributed by atoms with Gasteiger partial charge in [0, 0.05) is 8.07 Å². The Morgan fingerprint density at radius 3 is 1.00 bits per heavy atom. The summed E-state index contributed by atoms with van der Waals surface area (Å²) in [5, 5.41) is 1.60. The summed E-state index contributed by atoms with van der Waals surface area (Å²) < 4.78 is 0. The SMILES string of the molecule is C[Si](C)(C)[C-]=C([CH-][Si](C)(C)C)[Si](C)(C)C.[CH]1[CH][CH][CH][CH]1.[CH]1[CH][CH][CH][CH]1.[Ti+4]. The average Bonchev–Trinajstić information content (AvgIpc) is 3.13. The van der Waals surface area contributed by atoms with E-state index in [0.717, 1.165) is 0 Å². The second-order valence-electron chi connectivity index (χ2n) is 9.47. The van der Waals surface area contributed by atoms with E-state index in [9.17, 15) is 0 Å². The van der Waals surface area contributed by atoms with E-state index in [4.69, 9.17) is 0 Å². The smallest absolute Gasteiger partial charge is 0.533 e. The van der Waals surface area contributed by atoms with Gasteiger partial charge >= 0.3 is 21.7 Å². The van der Waals surface area contributed by atoms with Crippen molar-refractivity contribution < 1.29 is 21.7 Å². The van der Waals surface area contributed by atoms with Crippen molar-refractivity contribution in [1.82, 2.24) is 0 Å². The molecule has 0 spiro atoms. The van der Waals surface area contributed by atoms with Crippen molar-refractivity contribution in [2.45, 2.75) is 58.9 Å². The van der Waals surface area contributed by atoms with Crippen molar-refractivity contribution in [2.75, 3.05) is 0 Å². The third kappa shape index (κ3) is 19.7. The zero-order valence-electron chi connectivity index (χ0n) is 18.4. The molecule has 0 aromatic heterocycles. The van der Waals surface area contributed by atoms with Crippen molar-refractivity contribution in [2.24, 2.45) is 0 Å². The van der Waals surface area contributed by atoms with Gasteiger partial charge in [0.05, 0.1) is 0 Å². The molecule has 2 rings (SSSR count). The van der Waals surface area contributed by atoms with Crippen LogP contribution in [-0.2, 0) is 21.7 Å². The summed E-state index contributed by atoms with van der Waals surface area (Å²) in [5.41, 5.74) is 3.85. The van der Waals surface area contributed by atoms with Crippen LogP contribution in [-0.4, -0.2) is 24.2 Å². The van der Waals surface area contributed by atoms with Gasteiger partial charge in [0.1, 0.15) is 0 Å². The fourth-order valence-electron chi connectivity index (χ4n) is 1.92. The summed E-state index contributed by atoms with van der Waals surface area (Å²) in [6, 6.07) is 2.58. The maximum Gasteiger partial charge on any atom is 4.00 e. The van der Waals surface area contributed by atoms with Gasteiger partial charge in [-0.25, -0.2) is 0 Å². The van der Waals surface area contributed by atoms with Gasteiger partial charge in [-0.15, -0.1) is 8.07 Å². The second-order valence-corrected chi connectivity index (χ2v) is 24.3. The molecule has 0 bridgehead atoms. The quantitative estimate of drug-likeness (QED) is 0.346. The first-order valence-electron chi connectivity index (χ1n) is 9.16. The van der Waals surface area contributed by atoms with Crippen LogP contribution in [0.15, 0.2) is 5.20 Å². The van der Waals surface area contributed by atoms with Crippen LogP contribution in [0.2, 0.25) is 58.9 Å². The molecule has 0 atom stereocenters. The van der Waals surface area contributed by atoms with Crippen LogP contribution in [0.5, 0.6) is 0 Å². The first-order chi connectivity index (χ1) is 11.3. The standard InChI is InChI=1S/C12H28Si3.2C5H5.Ti/c1-13(2,3)10-12(15(7,8)9)11-14(4,5)6;2*1-2-4-5-3-1;/h10H,1-9H3;2*1-5H;/q-2;;;+4. The van der Waals surface area contributed by atoms with Crippen molar-refractivity contribution in [3.63, 3.8) is 0 Å². The largest absolute Gasteiger partial charge is 4.00 e. The molecule has 0 N–H and O–H groups in total. The first kappa shape index (κ1) is 29.2. The molecule has 0 unspecified atom stereocenters. The molecule has 2 fully saturated rings. The number of allylic oxidation sites excluding steroid dienone is 1. The Balaban J connectivity index is 0. The van der Waals surface area contributed by atoms with E-state index in [-0.39, 0.29) is 21.7 Å². The third-order valence-corrected chi connectivity index (χ3v) is 7.60. The molecular weight excluding hydrogens is 396 g/mol. The van der Waals surface area contributed by atoms with Crippen LogP contribution in [0.3, 0.4) is 0 Å². The Morgan fingerprint density at radius 2 is 0.846 bits per heavy atom. The van der Waals surface area contributed by atoms with Crippen LogP contribution < -0.4 is 0 Å². The van der Waals surface area contributed by atoms with E-state index in [1.165, 1.54) is 0 Å². The normalized spacial score (nSPS) is 18.1. The molecule has 0 aromatic carbocycles. The van der Waals surface area contributed by atoms with E-state index in [1.54, 1.807) is 5.20 Å². The second kappa shape index (κ2) is 14.0. The van der Waals surface area contributed by atoms with E-state index in [1.807, 2.05) is 64.2 Å². The van der Waals surface area contributed by atoms with E-state index in [0.29, 0.717) is 0 Å². The average molecular weight is 435 g/mol. The van der Waals surface area contributed by atoms with E-state index >= 15 is 0 Å². The summed E-state index contributed by atoms with van der Waals surface area (Å²) >= 11 is 0. The number of hydrogen-bond acceptors (Lipinski definition) is 0. The van der Waals surface area contributed by atoms with Crippen LogP contribution in [0.1, 0.15) is 0 Å². The molecule has 2 aliphatic carbocycles. The van der Waals surface area contributed by atoms with Crippen molar-refractivity contribution in [1.29, 1.82) is 0 Å². The van der Waals surface area contributed by atoms with Gasteiger partial charge in [-0.1, -0.05) is 67.0 Å². The fourth-order valence-corrected chi connectivity index (χ4v) is 9.54. The molecule has 0 nitrogen and oxygen atoms in total. The Bertz CT molecular complexity index is 337. The summed E-state index contributed by atoms with van der Waals surface area (Å²) in [6.45, 7) is 21.7. The maximum atomic E-state index is 3.85. The molecule has 2 aliphatic rings. The maximum absolute atomic E-state index is 3.85. The van der Waals surface area contributed by atoms with Gasteiger partial charge in [-0.3, -0.25) is 0 Å². The predicted molar refractivity (Wildman–Crippen MR) is 124 cm³/mol. The topological polar surface area (TPSA) is 0 Å². The van der Waals surface area contributed by atoms with E-state index < -0.39 is 24.2 Å². The van der Waals surface area contributed by atoms with Crippen LogP contribution in [0.4, 0.5) is 0 Å². The van der Waals surface area contributed by atoms with Crippen LogP contribution >= 0.6 is 0 Å². The molecule has 0 heterocycles. The third-order valence-electron chi connectivity index (χ3n) is 3.01. The summed E-state index contributed by atoms with van der Waals surface area (Å²) in [4.78, 5) is 0. The Hall–Kier alpha value is 0.975. The number of rotatable bonds is 4. The zero-order valence-corrected chi connectivity index (χ0v) is 22.9. The van der Waals surface area contributed by atoms with Crippen molar-refractivity contribution in [3.8, 4) is 0 Å². The minimum absolute atomic E-state index is 0. The van der Waals surface area contributed by atoms with Crippen molar-refractivity contribution in [3.05, 3.63) is 81.1 Å². The Labute approximate surface area is 185 Å². The molecule has 0 aromatic rings. The van der Waals surface area contributed by atoms with Gasteiger partial charge < -0.3 is 16.9 Å². The summed E-state index contributed by atoms with van der Waals surface area (Å²) in [5.74, 6) is 0. The fraction of sp³-hybridized carbons (Fsp3) is 0.409. The van der Waals surface area contributed by atoms with Crippen LogP contribution in [0.25, 0.3) is 0 Å². The molecule has 26 heavy (non-hydrogen) atoms. The van der Waals surface area contributed by atoms with Crippen molar-refractivity contribution >= 4 is 24.2 Å². The van der Waals surface area contributed by atoms with Gasteiger partial charge in [0.15, 0.2) is 0 Å². The minimum Gasteiger partial charge on any atom is -0.533 e. The monoisotopic (exact) mass is 434 g/mol. The van der Waals surface area contributed by atoms with Crippen LogP contribution in [0, 0.1) is 76.0 Å².